The molecule has 1 amide bonds. The van der Waals surface area contributed by atoms with Crippen molar-refractivity contribution >= 4 is 11.6 Å². The van der Waals surface area contributed by atoms with Crippen LogP contribution in [0.1, 0.15) is 20.8 Å². The van der Waals surface area contributed by atoms with Gasteiger partial charge in [0.1, 0.15) is 5.75 Å². The maximum atomic E-state index is 12.5. The van der Waals surface area contributed by atoms with E-state index in [2.05, 4.69) is 39.9 Å². The van der Waals surface area contributed by atoms with Gasteiger partial charge in [-0.15, -0.1) is 0 Å². The third-order valence-electron chi connectivity index (χ3n) is 5.83. The summed E-state index contributed by atoms with van der Waals surface area (Å²) in [7, 11) is 0. The number of ether oxygens (including phenoxy) is 2. The van der Waals surface area contributed by atoms with Gasteiger partial charge in [0, 0.05) is 51.4 Å². The maximum absolute atomic E-state index is 12.5. The van der Waals surface area contributed by atoms with Gasteiger partial charge in [0.25, 0.3) is 0 Å². The van der Waals surface area contributed by atoms with Gasteiger partial charge in [0.05, 0.1) is 32.1 Å². The number of piperazine rings is 1. The van der Waals surface area contributed by atoms with E-state index < -0.39 is 0 Å². The molecule has 2 aliphatic rings. The van der Waals surface area contributed by atoms with Gasteiger partial charge in [-0.2, -0.15) is 0 Å². The highest BCUT2D eigenvalue weighted by molar-refractivity contribution is 5.78. The highest BCUT2D eigenvalue weighted by Crippen LogP contribution is 2.28. The summed E-state index contributed by atoms with van der Waals surface area (Å²) in [6, 6.07) is 8.19. The first kappa shape index (κ1) is 21.9. The lowest BCUT2D eigenvalue weighted by Crippen LogP contribution is -2.56. The van der Waals surface area contributed by atoms with Crippen LogP contribution in [0.2, 0.25) is 0 Å². The number of amides is 1. The van der Waals surface area contributed by atoms with Crippen LogP contribution in [0.3, 0.4) is 0 Å². The maximum Gasteiger partial charge on any atom is 0.234 e. The van der Waals surface area contributed by atoms with Crippen molar-refractivity contribution in [2.75, 3.05) is 77.1 Å². The second-order valence-corrected chi connectivity index (χ2v) is 8.35. The Morgan fingerprint density at radius 2 is 1.79 bits per heavy atom. The van der Waals surface area contributed by atoms with Crippen LogP contribution in [0.15, 0.2) is 24.3 Å². The van der Waals surface area contributed by atoms with Crippen LogP contribution in [-0.2, 0) is 9.53 Å². The number of nitrogens with one attached hydrogen (secondary N) is 1. The summed E-state index contributed by atoms with van der Waals surface area (Å²) in [5.41, 5.74) is 1.09. The second-order valence-electron chi connectivity index (χ2n) is 8.35. The van der Waals surface area contributed by atoms with Crippen molar-refractivity contribution in [1.82, 2.24) is 15.1 Å². The molecule has 29 heavy (non-hydrogen) atoms. The number of hydrogen-bond donors (Lipinski definition) is 1. The zero-order valence-electron chi connectivity index (χ0n) is 18.2. The molecular formula is C22H36N4O3. The standard InChI is InChI=1S/C22H36N4O3/c1-4-29-20-8-6-5-7-19(20)25-11-9-24(10-12-25)17-21(27)23-18-22(2,3)26-13-15-28-16-14-26/h5-8H,4,9-18H2,1-3H3,(H,23,27). The number of hydrogen-bond acceptors (Lipinski definition) is 6. The molecule has 2 heterocycles. The second kappa shape index (κ2) is 10.3. The minimum absolute atomic E-state index is 0.0544. The fraction of sp³-hybridized carbons (Fsp3) is 0.682. The molecule has 0 aliphatic carbocycles. The third-order valence-corrected chi connectivity index (χ3v) is 5.83. The number of anilines is 1. The van der Waals surface area contributed by atoms with Crippen molar-refractivity contribution in [2.45, 2.75) is 26.3 Å². The van der Waals surface area contributed by atoms with Crippen molar-refractivity contribution in [3.05, 3.63) is 24.3 Å². The number of carbonyl (C=O) groups is 1. The Hall–Kier alpha value is -1.83. The number of morpholine rings is 1. The average Bonchev–Trinajstić information content (AvgIpc) is 2.74. The molecule has 2 saturated heterocycles. The fourth-order valence-electron chi connectivity index (χ4n) is 4.00. The normalized spacial score (nSPS) is 19.2. The smallest absolute Gasteiger partial charge is 0.234 e. The quantitative estimate of drug-likeness (QED) is 0.708. The summed E-state index contributed by atoms with van der Waals surface area (Å²) in [4.78, 5) is 19.5. The van der Waals surface area contributed by atoms with E-state index >= 15 is 0 Å². The molecule has 162 valence electrons. The van der Waals surface area contributed by atoms with E-state index in [0.717, 1.165) is 63.9 Å². The van der Waals surface area contributed by atoms with Gasteiger partial charge in [-0.25, -0.2) is 0 Å². The van der Waals surface area contributed by atoms with E-state index in [4.69, 9.17) is 9.47 Å². The Bertz CT molecular complexity index is 653. The minimum atomic E-state index is -0.0544. The Morgan fingerprint density at radius 1 is 1.10 bits per heavy atom. The van der Waals surface area contributed by atoms with Crippen molar-refractivity contribution in [1.29, 1.82) is 0 Å². The Labute approximate surface area is 174 Å². The zero-order valence-corrected chi connectivity index (χ0v) is 18.2. The van der Waals surface area contributed by atoms with Crippen LogP contribution in [0.5, 0.6) is 5.75 Å². The molecule has 7 heteroatoms. The summed E-state index contributed by atoms with van der Waals surface area (Å²) in [6.45, 7) is 15.1. The van der Waals surface area contributed by atoms with E-state index in [1.165, 1.54) is 0 Å². The van der Waals surface area contributed by atoms with Crippen LogP contribution in [-0.4, -0.2) is 93.4 Å². The molecule has 0 saturated carbocycles. The third kappa shape index (κ3) is 6.07. The van der Waals surface area contributed by atoms with Gasteiger partial charge in [-0.05, 0) is 32.9 Å². The number of benzene rings is 1. The molecule has 0 aromatic heterocycles. The number of rotatable bonds is 8. The lowest BCUT2D eigenvalue weighted by atomic mass is 10.0. The Morgan fingerprint density at radius 3 is 2.48 bits per heavy atom. The predicted molar refractivity (Wildman–Crippen MR) is 116 cm³/mol. The minimum Gasteiger partial charge on any atom is -0.492 e. The highest BCUT2D eigenvalue weighted by Gasteiger charge is 2.29. The summed E-state index contributed by atoms with van der Waals surface area (Å²) in [6.07, 6.45) is 0. The van der Waals surface area contributed by atoms with Gasteiger partial charge < -0.3 is 19.7 Å². The molecular weight excluding hydrogens is 368 g/mol. The topological polar surface area (TPSA) is 57.3 Å². The molecule has 0 atom stereocenters. The molecule has 1 aromatic carbocycles. The molecule has 0 bridgehead atoms. The lowest BCUT2D eigenvalue weighted by Gasteiger charge is -2.41. The van der Waals surface area contributed by atoms with Gasteiger partial charge in [0.2, 0.25) is 5.91 Å². The number of nitrogens with zero attached hydrogens (tertiary/aromatic N) is 3. The molecule has 1 aromatic rings. The fourth-order valence-corrected chi connectivity index (χ4v) is 4.00. The van der Waals surface area contributed by atoms with Crippen molar-refractivity contribution in [2.24, 2.45) is 0 Å². The molecule has 3 rings (SSSR count). The number of para-hydroxylation sites is 2. The predicted octanol–water partition coefficient (Wildman–Crippen LogP) is 1.43. The van der Waals surface area contributed by atoms with E-state index in [1.807, 2.05) is 25.1 Å². The van der Waals surface area contributed by atoms with E-state index in [9.17, 15) is 4.79 Å². The van der Waals surface area contributed by atoms with Gasteiger partial charge in [-0.3, -0.25) is 14.6 Å². The average molecular weight is 405 g/mol. The Balaban J connectivity index is 1.43. The summed E-state index contributed by atoms with van der Waals surface area (Å²) < 4.78 is 11.2. The largest absolute Gasteiger partial charge is 0.492 e. The molecule has 0 radical (unpaired) electrons. The Kier molecular flexibility index (Phi) is 7.75. The lowest BCUT2D eigenvalue weighted by molar-refractivity contribution is -0.123. The molecule has 0 unspecified atom stereocenters. The van der Waals surface area contributed by atoms with Crippen molar-refractivity contribution in [3.8, 4) is 5.75 Å². The summed E-state index contributed by atoms with van der Waals surface area (Å²) in [5.74, 6) is 1.04. The molecule has 2 fully saturated rings. The monoisotopic (exact) mass is 404 g/mol. The molecule has 1 N–H and O–H groups in total. The summed E-state index contributed by atoms with van der Waals surface area (Å²) in [5, 5.41) is 3.14. The first-order chi connectivity index (χ1) is 14.0. The van der Waals surface area contributed by atoms with E-state index in [0.29, 0.717) is 19.7 Å². The van der Waals surface area contributed by atoms with Crippen LogP contribution in [0, 0.1) is 0 Å². The highest BCUT2D eigenvalue weighted by atomic mass is 16.5. The van der Waals surface area contributed by atoms with E-state index in [1.54, 1.807) is 0 Å². The first-order valence-electron chi connectivity index (χ1n) is 10.8. The van der Waals surface area contributed by atoms with Gasteiger partial charge >= 0.3 is 0 Å². The zero-order chi connectivity index (χ0) is 20.7. The van der Waals surface area contributed by atoms with E-state index in [-0.39, 0.29) is 11.4 Å². The van der Waals surface area contributed by atoms with Crippen LogP contribution >= 0.6 is 0 Å². The van der Waals surface area contributed by atoms with Gasteiger partial charge in [-0.1, -0.05) is 12.1 Å². The summed E-state index contributed by atoms with van der Waals surface area (Å²) >= 11 is 0. The molecule has 7 nitrogen and oxygen atoms in total. The van der Waals surface area contributed by atoms with Gasteiger partial charge in [0.15, 0.2) is 0 Å². The van der Waals surface area contributed by atoms with Crippen LogP contribution in [0.25, 0.3) is 0 Å². The molecule has 2 aliphatic heterocycles. The van der Waals surface area contributed by atoms with Crippen molar-refractivity contribution < 1.29 is 14.3 Å². The van der Waals surface area contributed by atoms with Crippen molar-refractivity contribution in [3.63, 3.8) is 0 Å². The SMILES string of the molecule is CCOc1ccccc1N1CCN(CC(=O)NCC(C)(C)N2CCOCC2)CC1. The van der Waals surface area contributed by atoms with Crippen LogP contribution < -0.4 is 15.0 Å². The first-order valence-corrected chi connectivity index (χ1v) is 10.8. The van der Waals surface area contributed by atoms with Crippen LogP contribution in [0.4, 0.5) is 5.69 Å². The molecule has 0 spiro atoms. The number of carbonyl (C=O) groups excluding carboxylic acids is 1.